The zero-order chi connectivity index (χ0) is 6.81. The number of rotatable bonds is 0. The van der Waals surface area contributed by atoms with Gasteiger partial charge in [0, 0.05) is 12.0 Å². The monoisotopic (exact) mass is 134 g/mol. The predicted molar refractivity (Wildman–Crippen MR) is 40.5 cm³/mol. The minimum absolute atomic E-state index is 0.757. The topological polar surface area (TPSA) is 9.23 Å². The van der Waals surface area contributed by atoms with Crippen molar-refractivity contribution in [3.05, 3.63) is 35.6 Å². The molecule has 0 amide bonds. The summed E-state index contributed by atoms with van der Waals surface area (Å²) in [5, 5.41) is 0. The molecule has 0 bridgehead atoms. The second-order valence-corrected chi connectivity index (χ2v) is 2.53. The standard InChI is InChI=1S/C9H10O/c1-2-6-9-8(4-1)5-3-7-10-9/h1,3-5H,2,6-7H2. The summed E-state index contributed by atoms with van der Waals surface area (Å²) in [7, 11) is 0. The molecule has 1 heterocycles. The van der Waals surface area contributed by atoms with Crippen LogP contribution in [0.5, 0.6) is 0 Å². The Hall–Kier alpha value is -0.980. The van der Waals surface area contributed by atoms with Crippen molar-refractivity contribution in [1.82, 2.24) is 0 Å². The Morgan fingerprint density at radius 2 is 2.10 bits per heavy atom. The Morgan fingerprint density at radius 3 is 3.00 bits per heavy atom. The van der Waals surface area contributed by atoms with Gasteiger partial charge < -0.3 is 4.74 Å². The van der Waals surface area contributed by atoms with E-state index in [2.05, 4.69) is 24.3 Å². The molecule has 1 heteroatoms. The highest BCUT2D eigenvalue weighted by molar-refractivity contribution is 5.37. The Kier molecular flexibility index (Phi) is 1.35. The van der Waals surface area contributed by atoms with Crippen LogP contribution in [0.25, 0.3) is 0 Å². The first kappa shape index (κ1) is 5.78. The molecule has 10 heavy (non-hydrogen) atoms. The van der Waals surface area contributed by atoms with Gasteiger partial charge in [-0.2, -0.15) is 0 Å². The van der Waals surface area contributed by atoms with Crippen molar-refractivity contribution in [2.45, 2.75) is 12.8 Å². The van der Waals surface area contributed by atoms with Gasteiger partial charge in [0.15, 0.2) is 0 Å². The van der Waals surface area contributed by atoms with Crippen LogP contribution in [0, 0.1) is 0 Å². The van der Waals surface area contributed by atoms with E-state index in [0.29, 0.717) is 0 Å². The molecule has 0 radical (unpaired) electrons. The number of ether oxygens (including phenoxy) is 1. The van der Waals surface area contributed by atoms with E-state index >= 15 is 0 Å². The molecule has 0 unspecified atom stereocenters. The second kappa shape index (κ2) is 2.33. The molecule has 0 saturated carbocycles. The lowest BCUT2D eigenvalue weighted by molar-refractivity contribution is 0.228. The normalized spacial score (nSPS) is 22.4. The Bertz CT molecular complexity index is 199. The van der Waals surface area contributed by atoms with Gasteiger partial charge in [0.25, 0.3) is 0 Å². The fraction of sp³-hybridized carbons (Fsp3) is 0.333. The quantitative estimate of drug-likeness (QED) is 0.493. The van der Waals surface area contributed by atoms with Crippen LogP contribution in [0.15, 0.2) is 35.6 Å². The predicted octanol–water partition coefficient (Wildman–Crippen LogP) is 2.18. The highest BCUT2D eigenvalue weighted by atomic mass is 16.5. The third-order valence-electron chi connectivity index (χ3n) is 1.81. The minimum atomic E-state index is 0.757. The van der Waals surface area contributed by atoms with E-state index < -0.39 is 0 Å². The minimum Gasteiger partial charge on any atom is -0.493 e. The second-order valence-electron chi connectivity index (χ2n) is 2.53. The molecule has 1 nitrogen and oxygen atoms in total. The fourth-order valence-corrected chi connectivity index (χ4v) is 1.29. The van der Waals surface area contributed by atoms with Crippen LogP contribution in [0.1, 0.15) is 12.8 Å². The number of allylic oxidation sites excluding steroid dienone is 5. The van der Waals surface area contributed by atoms with Crippen LogP contribution < -0.4 is 0 Å². The van der Waals surface area contributed by atoms with Gasteiger partial charge in [0.05, 0.1) is 0 Å². The molecule has 0 aromatic rings. The fourth-order valence-electron chi connectivity index (χ4n) is 1.29. The third kappa shape index (κ3) is 0.878. The van der Waals surface area contributed by atoms with E-state index in [0.717, 1.165) is 19.4 Å². The van der Waals surface area contributed by atoms with Crippen LogP contribution >= 0.6 is 0 Å². The number of hydrogen-bond donors (Lipinski definition) is 0. The van der Waals surface area contributed by atoms with E-state index in [1.54, 1.807) is 0 Å². The van der Waals surface area contributed by atoms with Crippen LogP contribution in [-0.4, -0.2) is 6.61 Å². The maximum absolute atomic E-state index is 5.42. The summed E-state index contributed by atoms with van der Waals surface area (Å²) in [6.45, 7) is 0.757. The van der Waals surface area contributed by atoms with Gasteiger partial charge in [0.2, 0.25) is 0 Å². The van der Waals surface area contributed by atoms with Crippen molar-refractivity contribution in [3.63, 3.8) is 0 Å². The molecule has 2 aliphatic rings. The Balaban J connectivity index is 2.32. The first-order chi connectivity index (χ1) is 4.97. The smallest absolute Gasteiger partial charge is 0.106 e. The van der Waals surface area contributed by atoms with Gasteiger partial charge >= 0.3 is 0 Å². The van der Waals surface area contributed by atoms with E-state index in [4.69, 9.17) is 4.74 Å². The van der Waals surface area contributed by atoms with Crippen LogP contribution in [-0.2, 0) is 4.74 Å². The molecule has 0 spiro atoms. The number of hydrogen-bond acceptors (Lipinski definition) is 1. The summed E-state index contributed by atoms with van der Waals surface area (Å²) in [6.07, 6.45) is 10.7. The maximum Gasteiger partial charge on any atom is 0.106 e. The molecule has 0 N–H and O–H groups in total. The van der Waals surface area contributed by atoms with Crippen molar-refractivity contribution in [3.8, 4) is 0 Å². The molecule has 0 fully saturated rings. The van der Waals surface area contributed by atoms with Gasteiger partial charge in [-0.3, -0.25) is 0 Å². The van der Waals surface area contributed by atoms with Crippen LogP contribution in [0.4, 0.5) is 0 Å². The van der Waals surface area contributed by atoms with E-state index in [9.17, 15) is 0 Å². The van der Waals surface area contributed by atoms with E-state index in [-0.39, 0.29) is 0 Å². The summed E-state index contributed by atoms with van der Waals surface area (Å²) >= 11 is 0. The lowest BCUT2D eigenvalue weighted by Crippen LogP contribution is -2.02. The lowest BCUT2D eigenvalue weighted by Gasteiger charge is -2.17. The highest BCUT2D eigenvalue weighted by Crippen LogP contribution is 2.23. The van der Waals surface area contributed by atoms with Gasteiger partial charge in [-0.25, -0.2) is 0 Å². The SMILES string of the molecule is C1=CC2=C(CC1)OCC=C2. The van der Waals surface area contributed by atoms with E-state index in [1.807, 2.05) is 0 Å². The maximum atomic E-state index is 5.42. The van der Waals surface area contributed by atoms with Crippen molar-refractivity contribution >= 4 is 0 Å². The molecule has 0 aromatic heterocycles. The molecule has 1 aliphatic heterocycles. The molecule has 2 rings (SSSR count). The summed E-state index contributed by atoms with van der Waals surface area (Å²) in [5.74, 6) is 1.17. The van der Waals surface area contributed by atoms with Gasteiger partial charge in [-0.1, -0.05) is 18.2 Å². The summed E-state index contributed by atoms with van der Waals surface area (Å²) in [6, 6.07) is 0. The Morgan fingerprint density at radius 1 is 1.20 bits per heavy atom. The molecule has 0 saturated heterocycles. The summed E-state index contributed by atoms with van der Waals surface area (Å²) < 4.78 is 5.42. The van der Waals surface area contributed by atoms with Crippen molar-refractivity contribution < 1.29 is 4.74 Å². The highest BCUT2D eigenvalue weighted by Gasteiger charge is 2.08. The summed E-state index contributed by atoms with van der Waals surface area (Å²) in [4.78, 5) is 0. The lowest BCUT2D eigenvalue weighted by atomic mass is 10.0. The summed E-state index contributed by atoms with van der Waals surface area (Å²) in [5.41, 5.74) is 1.26. The Labute approximate surface area is 60.7 Å². The first-order valence-corrected chi connectivity index (χ1v) is 3.66. The first-order valence-electron chi connectivity index (χ1n) is 3.66. The van der Waals surface area contributed by atoms with Crippen molar-refractivity contribution in [2.24, 2.45) is 0 Å². The molecular weight excluding hydrogens is 124 g/mol. The van der Waals surface area contributed by atoms with E-state index in [1.165, 1.54) is 11.3 Å². The van der Waals surface area contributed by atoms with Crippen molar-refractivity contribution in [1.29, 1.82) is 0 Å². The van der Waals surface area contributed by atoms with Crippen LogP contribution in [0.3, 0.4) is 0 Å². The third-order valence-corrected chi connectivity index (χ3v) is 1.81. The van der Waals surface area contributed by atoms with Crippen molar-refractivity contribution in [2.75, 3.05) is 6.61 Å². The average Bonchev–Trinajstić information content (AvgIpc) is 2.05. The van der Waals surface area contributed by atoms with Gasteiger partial charge in [0.1, 0.15) is 12.4 Å². The zero-order valence-electron chi connectivity index (χ0n) is 5.84. The molecule has 0 aromatic carbocycles. The largest absolute Gasteiger partial charge is 0.493 e. The molecular formula is C9H10O. The van der Waals surface area contributed by atoms with Gasteiger partial charge in [-0.15, -0.1) is 0 Å². The molecule has 52 valence electrons. The van der Waals surface area contributed by atoms with Gasteiger partial charge in [-0.05, 0) is 12.5 Å². The molecule has 0 atom stereocenters. The van der Waals surface area contributed by atoms with Crippen LogP contribution in [0.2, 0.25) is 0 Å². The molecule has 1 aliphatic carbocycles. The zero-order valence-corrected chi connectivity index (χ0v) is 5.84. The average molecular weight is 134 g/mol.